The van der Waals surface area contributed by atoms with Gasteiger partial charge in [-0.1, -0.05) is 54.6 Å². The normalized spacial score (nSPS) is 11.9. The number of benzene rings is 3. The van der Waals surface area contributed by atoms with Crippen LogP contribution in [0.1, 0.15) is 29.2 Å². The second-order valence-corrected chi connectivity index (χ2v) is 9.22. The third-order valence-electron chi connectivity index (χ3n) is 6.84. The molecule has 8 nitrogen and oxygen atoms in total. The van der Waals surface area contributed by atoms with Crippen LogP contribution in [0.2, 0.25) is 0 Å². The molecule has 4 rings (SSSR count). The number of carbonyl (C=O) groups is 2. The van der Waals surface area contributed by atoms with Crippen molar-refractivity contribution in [1.82, 2.24) is 9.80 Å². The molecule has 0 heterocycles. The Balaban J connectivity index is 1.34. The van der Waals surface area contributed by atoms with Gasteiger partial charge in [-0.05, 0) is 35.2 Å². The van der Waals surface area contributed by atoms with Crippen LogP contribution in [-0.4, -0.2) is 69.2 Å². The van der Waals surface area contributed by atoms with Crippen molar-refractivity contribution < 1.29 is 23.8 Å². The fourth-order valence-corrected chi connectivity index (χ4v) is 4.75. The van der Waals surface area contributed by atoms with Crippen molar-refractivity contribution in [3.05, 3.63) is 83.4 Å². The molecule has 0 bridgehead atoms. The lowest BCUT2D eigenvalue weighted by atomic mass is 10.1. The van der Waals surface area contributed by atoms with Crippen LogP contribution in [-0.2, 0) is 16.0 Å². The molecule has 3 aromatic carbocycles. The van der Waals surface area contributed by atoms with Gasteiger partial charge >= 0.3 is 6.09 Å². The predicted molar refractivity (Wildman–Crippen MR) is 146 cm³/mol. The number of hydrogen-bond acceptors (Lipinski definition) is 6. The van der Waals surface area contributed by atoms with Crippen molar-refractivity contribution in [2.75, 3.05) is 47.4 Å². The molecule has 0 aliphatic heterocycles. The number of amides is 2. The molecule has 2 amide bonds. The van der Waals surface area contributed by atoms with Crippen LogP contribution >= 0.6 is 0 Å². The average molecular weight is 518 g/mol. The summed E-state index contributed by atoms with van der Waals surface area (Å²) in [4.78, 5) is 29.2. The van der Waals surface area contributed by atoms with Gasteiger partial charge < -0.3 is 29.7 Å². The summed E-state index contributed by atoms with van der Waals surface area (Å²) in [5.41, 5.74) is 10.9. The van der Waals surface area contributed by atoms with E-state index >= 15 is 0 Å². The second-order valence-electron chi connectivity index (χ2n) is 9.22. The number of likely N-dealkylation sites (N-methyl/N-ethyl adjacent to an activating group) is 1. The molecule has 2 N–H and O–H groups in total. The van der Waals surface area contributed by atoms with E-state index in [4.69, 9.17) is 19.9 Å². The summed E-state index contributed by atoms with van der Waals surface area (Å²) < 4.78 is 16.6. The summed E-state index contributed by atoms with van der Waals surface area (Å²) in [6, 6.07) is 21.6. The van der Waals surface area contributed by atoms with E-state index in [0.29, 0.717) is 50.5 Å². The van der Waals surface area contributed by atoms with Gasteiger partial charge in [-0.15, -0.1) is 0 Å². The minimum absolute atomic E-state index is 0.0225. The first-order valence-electron chi connectivity index (χ1n) is 12.8. The van der Waals surface area contributed by atoms with Crippen LogP contribution in [0, 0.1) is 0 Å². The number of aryl methyl sites for hydroxylation is 1. The largest absolute Gasteiger partial charge is 0.493 e. The van der Waals surface area contributed by atoms with Crippen LogP contribution in [0.4, 0.5) is 4.79 Å². The molecular weight excluding hydrogens is 482 g/mol. The standard InChI is InChI=1S/C30H35N3O5/c1-32(30(35)38-29-24-10-6-4-8-22(24)23-9-5-7-11-25(23)29)18-19-33(17-16-31)28(34)15-13-21-12-14-26(36-2)27(20-21)37-3/h4-12,14,20,29H,13,15-19,31H2,1-3H3. The molecule has 0 saturated carbocycles. The molecule has 1 aliphatic carbocycles. The summed E-state index contributed by atoms with van der Waals surface area (Å²) >= 11 is 0. The zero-order valence-electron chi connectivity index (χ0n) is 22.2. The van der Waals surface area contributed by atoms with Crippen LogP contribution in [0.3, 0.4) is 0 Å². The third kappa shape index (κ3) is 5.92. The van der Waals surface area contributed by atoms with Gasteiger partial charge in [-0.2, -0.15) is 0 Å². The lowest BCUT2D eigenvalue weighted by Gasteiger charge is -2.26. The first kappa shape index (κ1) is 27.0. The summed E-state index contributed by atoms with van der Waals surface area (Å²) in [5.74, 6) is 1.25. The van der Waals surface area contributed by atoms with E-state index in [1.54, 1.807) is 26.2 Å². The Hall–Kier alpha value is -4.04. The van der Waals surface area contributed by atoms with Crippen molar-refractivity contribution in [3.63, 3.8) is 0 Å². The Labute approximate surface area is 223 Å². The maximum atomic E-state index is 13.0. The maximum Gasteiger partial charge on any atom is 0.410 e. The van der Waals surface area contributed by atoms with Gasteiger partial charge in [-0.25, -0.2) is 4.79 Å². The molecule has 1 aliphatic rings. The van der Waals surface area contributed by atoms with Gasteiger partial charge in [-0.3, -0.25) is 4.79 Å². The van der Waals surface area contributed by atoms with Crippen LogP contribution in [0.25, 0.3) is 11.1 Å². The number of methoxy groups -OCH3 is 2. The smallest absolute Gasteiger partial charge is 0.410 e. The van der Waals surface area contributed by atoms with E-state index in [-0.39, 0.29) is 5.91 Å². The topological polar surface area (TPSA) is 94.3 Å². The van der Waals surface area contributed by atoms with Crippen molar-refractivity contribution in [3.8, 4) is 22.6 Å². The number of hydrogen-bond donors (Lipinski definition) is 1. The average Bonchev–Trinajstić information content (AvgIpc) is 3.27. The maximum absolute atomic E-state index is 13.0. The lowest BCUT2D eigenvalue weighted by molar-refractivity contribution is -0.131. The van der Waals surface area contributed by atoms with E-state index in [1.807, 2.05) is 66.7 Å². The van der Waals surface area contributed by atoms with Crippen LogP contribution in [0.5, 0.6) is 11.5 Å². The number of nitrogens with two attached hydrogens (primary N) is 1. The Morgan fingerprint density at radius 1 is 0.842 bits per heavy atom. The molecule has 0 atom stereocenters. The minimum atomic E-state index is -0.458. The highest BCUT2D eigenvalue weighted by atomic mass is 16.6. The molecule has 0 saturated heterocycles. The molecule has 8 heteroatoms. The fourth-order valence-electron chi connectivity index (χ4n) is 4.75. The molecule has 3 aromatic rings. The third-order valence-corrected chi connectivity index (χ3v) is 6.84. The zero-order chi connectivity index (χ0) is 27.1. The second kappa shape index (κ2) is 12.5. The number of rotatable bonds is 11. The van der Waals surface area contributed by atoms with Gasteiger partial charge in [0, 0.05) is 50.8 Å². The lowest BCUT2D eigenvalue weighted by Crippen LogP contribution is -2.42. The number of ether oxygens (including phenoxy) is 3. The number of nitrogens with zero attached hydrogens (tertiary/aromatic N) is 2. The Morgan fingerprint density at radius 2 is 1.47 bits per heavy atom. The van der Waals surface area contributed by atoms with Crippen molar-refractivity contribution in [2.24, 2.45) is 5.73 Å². The molecule has 0 unspecified atom stereocenters. The van der Waals surface area contributed by atoms with Gasteiger partial charge in [0.15, 0.2) is 17.6 Å². The van der Waals surface area contributed by atoms with Gasteiger partial charge in [0.25, 0.3) is 0 Å². The molecule has 200 valence electrons. The van der Waals surface area contributed by atoms with Crippen molar-refractivity contribution in [1.29, 1.82) is 0 Å². The first-order chi connectivity index (χ1) is 18.5. The van der Waals surface area contributed by atoms with Crippen molar-refractivity contribution >= 4 is 12.0 Å². The Bertz CT molecular complexity index is 1230. The van der Waals surface area contributed by atoms with E-state index < -0.39 is 12.2 Å². The monoisotopic (exact) mass is 517 g/mol. The molecule has 38 heavy (non-hydrogen) atoms. The summed E-state index contributed by atoms with van der Waals surface area (Å²) in [7, 11) is 4.86. The highest BCUT2D eigenvalue weighted by Crippen LogP contribution is 2.45. The number of carbonyl (C=O) groups excluding carboxylic acids is 2. The van der Waals surface area contributed by atoms with E-state index in [9.17, 15) is 9.59 Å². The summed E-state index contributed by atoms with van der Waals surface area (Å²) in [6.07, 6.45) is -0.0228. The van der Waals surface area contributed by atoms with Gasteiger partial charge in [0.2, 0.25) is 5.91 Å². The number of fused-ring (bicyclic) bond motifs is 3. The Kier molecular flexibility index (Phi) is 8.86. The Morgan fingerprint density at radius 3 is 2.08 bits per heavy atom. The van der Waals surface area contributed by atoms with Crippen LogP contribution < -0.4 is 15.2 Å². The molecule has 0 spiro atoms. The fraction of sp³-hybridized carbons (Fsp3) is 0.333. The van der Waals surface area contributed by atoms with Crippen molar-refractivity contribution in [2.45, 2.75) is 18.9 Å². The highest BCUT2D eigenvalue weighted by molar-refractivity contribution is 5.80. The molecule has 0 radical (unpaired) electrons. The summed E-state index contributed by atoms with van der Waals surface area (Å²) in [6.45, 7) is 1.45. The predicted octanol–water partition coefficient (Wildman–Crippen LogP) is 4.26. The highest BCUT2D eigenvalue weighted by Gasteiger charge is 2.32. The van der Waals surface area contributed by atoms with E-state index in [0.717, 1.165) is 27.8 Å². The van der Waals surface area contributed by atoms with Gasteiger partial charge in [0.05, 0.1) is 14.2 Å². The molecule has 0 aromatic heterocycles. The van der Waals surface area contributed by atoms with Gasteiger partial charge in [0.1, 0.15) is 0 Å². The quantitative estimate of drug-likeness (QED) is 0.408. The summed E-state index contributed by atoms with van der Waals surface area (Å²) in [5, 5.41) is 0. The molecular formula is C30H35N3O5. The zero-order valence-corrected chi connectivity index (χ0v) is 22.2. The SMILES string of the molecule is COc1ccc(CCC(=O)N(CCN)CCN(C)C(=O)OC2c3ccccc3-c3ccccc32)cc1OC. The molecule has 0 fully saturated rings. The van der Waals surface area contributed by atoms with E-state index in [2.05, 4.69) is 0 Å². The minimum Gasteiger partial charge on any atom is -0.493 e. The van der Waals surface area contributed by atoms with E-state index in [1.165, 1.54) is 4.90 Å². The first-order valence-corrected chi connectivity index (χ1v) is 12.8. The van der Waals surface area contributed by atoms with Crippen LogP contribution in [0.15, 0.2) is 66.7 Å².